The fourth-order valence-electron chi connectivity index (χ4n) is 3.27. The lowest BCUT2D eigenvalue weighted by Crippen LogP contribution is -2.10. The van der Waals surface area contributed by atoms with E-state index in [1.165, 1.54) is 29.5 Å². The Labute approximate surface area is 190 Å². The molecule has 0 spiro atoms. The van der Waals surface area contributed by atoms with Crippen LogP contribution in [-0.4, -0.2) is 30.6 Å². The molecule has 3 aromatic heterocycles. The molecule has 0 saturated carbocycles. The molecule has 0 aliphatic carbocycles. The molecule has 10 nitrogen and oxygen atoms in total. The molecule has 0 bridgehead atoms. The van der Waals surface area contributed by atoms with E-state index in [1.54, 1.807) is 34.8 Å². The van der Waals surface area contributed by atoms with E-state index in [1.807, 2.05) is 19.1 Å². The summed E-state index contributed by atoms with van der Waals surface area (Å²) in [5.41, 5.74) is 1.96. The van der Waals surface area contributed by atoms with E-state index in [-0.39, 0.29) is 11.4 Å². The Bertz CT molecular complexity index is 1480. The van der Waals surface area contributed by atoms with Crippen molar-refractivity contribution in [3.63, 3.8) is 0 Å². The van der Waals surface area contributed by atoms with Crippen LogP contribution in [0, 0.1) is 10.1 Å². The lowest BCUT2D eigenvalue weighted by Gasteiger charge is -2.04. The van der Waals surface area contributed by atoms with Crippen molar-refractivity contribution in [2.75, 3.05) is 5.32 Å². The average Bonchev–Trinajstić information content (AvgIpc) is 3.55. The van der Waals surface area contributed by atoms with Crippen molar-refractivity contribution in [3.8, 4) is 21.9 Å². The van der Waals surface area contributed by atoms with E-state index in [0.29, 0.717) is 17.0 Å². The van der Waals surface area contributed by atoms with Crippen LogP contribution >= 0.6 is 11.3 Å². The highest BCUT2D eigenvalue weighted by atomic mass is 32.1. The third kappa shape index (κ3) is 3.96. The van der Waals surface area contributed by atoms with Crippen LogP contribution < -0.4 is 5.32 Å². The minimum Gasteiger partial charge on any atom is -0.451 e. The summed E-state index contributed by atoms with van der Waals surface area (Å²) in [6.07, 6.45) is 0.741. The summed E-state index contributed by atoms with van der Waals surface area (Å²) in [7, 11) is 0. The number of aromatic nitrogens is 4. The zero-order valence-electron chi connectivity index (χ0n) is 17.3. The standard InChI is InChI=1S/C22H16N6O4S/c1-2-19-24-25-22-27(19)26-21(33-22)13-6-8-15(9-7-13)23-20(29)18-11-10-17(32-18)14-4-3-5-16(12-14)28(30)31/h3-12H,2H2,1H3,(H,23,29). The topological polar surface area (TPSA) is 128 Å². The first-order valence-corrected chi connectivity index (χ1v) is 10.8. The van der Waals surface area contributed by atoms with Crippen molar-refractivity contribution in [1.29, 1.82) is 0 Å². The molecule has 164 valence electrons. The number of nitrogens with one attached hydrogen (secondary N) is 1. The van der Waals surface area contributed by atoms with Crippen LogP contribution in [-0.2, 0) is 6.42 Å². The molecule has 0 saturated heterocycles. The first-order chi connectivity index (χ1) is 16.0. The van der Waals surface area contributed by atoms with E-state index >= 15 is 0 Å². The molecule has 5 aromatic rings. The quantitative estimate of drug-likeness (QED) is 0.284. The zero-order chi connectivity index (χ0) is 22.9. The molecule has 0 atom stereocenters. The normalized spacial score (nSPS) is 11.1. The Morgan fingerprint density at radius 1 is 1.12 bits per heavy atom. The van der Waals surface area contributed by atoms with Crippen LogP contribution in [0.15, 0.2) is 65.1 Å². The predicted octanol–water partition coefficient (Wildman–Crippen LogP) is 4.84. The Morgan fingerprint density at radius 2 is 1.94 bits per heavy atom. The SMILES string of the molecule is CCc1nnc2sc(-c3ccc(NC(=O)c4ccc(-c5cccc([N+](=O)[O-])c5)o4)cc3)nn12. The number of nitro benzene ring substituents is 1. The van der Waals surface area contributed by atoms with Crippen molar-refractivity contribution < 1.29 is 14.1 Å². The fraction of sp³-hybridized carbons (Fsp3) is 0.0909. The molecular formula is C22H16N6O4S. The van der Waals surface area contributed by atoms with Gasteiger partial charge in [-0.25, -0.2) is 0 Å². The molecule has 0 radical (unpaired) electrons. The number of non-ortho nitro benzene ring substituents is 1. The Balaban J connectivity index is 1.30. The van der Waals surface area contributed by atoms with E-state index < -0.39 is 10.8 Å². The number of carbonyl (C=O) groups excluding carboxylic acids is 1. The maximum absolute atomic E-state index is 12.6. The number of aryl methyl sites for hydroxylation is 1. The van der Waals surface area contributed by atoms with E-state index in [0.717, 1.165) is 27.8 Å². The van der Waals surface area contributed by atoms with Gasteiger partial charge in [-0.3, -0.25) is 14.9 Å². The summed E-state index contributed by atoms with van der Waals surface area (Å²) in [6, 6.07) is 16.5. The molecule has 0 unspecified atom stereocenters. The number of furan rings is 1. The summed E-state index contributed by atoms with van der Waals surface area (Å²) >= 11 is 1.44. The van der Waals surface area contributed by atoms with Gasteiger partial charge in [-0.05, 0) is 36.4 Å². The second-order valence-corrected chi connectivity index (χ2v) is 8.03. The molecule has 0 aliphatic rings. The maximum atomic E-state index is 12.6. The van der Waals surface area contributed by atoms with Gasteiger partial charge in [0.25, 0.3) is 11.6 Å². The number of anilines is 1. The van der Waals surface area contributed by atoms with Crippen molar-refractivity contribution in [3.05, 3.63) is 82.4 Å². The van der Waals surface area contributed by atoms with Gasteiger partial charge >= 0.3 is 0 Å². The molecule has 1 N–H and O–H groups in total. The van der Waals surface area contributed by atoms with Gasteiger partial charge in [0.15, 0.2) is 11.6 Å². The highest BCUT2D eigenvalue weighted by Crippen LogP contribution is 2.28. The number of benzene rings is 2. The van der Waals surface area contributed by atoms with Gasteiger partial charge in [0.1, 0.15) is 10.8 Å². The van der Waals surface area contributed by atoms with Crippen LogP contribution in [0.25, 0.3) is 26.9 Å². The fourth-order valence-corrected chi connectivity index (χ4v) is 4.13. The second kappa shape index (κ2) is 8.28. The van der Waals surface area contributed by atoms with E-state index in [4.69, 9.17) is 4.42 Å². The first-order valence-electron chi connectivity index (χ1n) is 9.99. The molecular weight excluding hydrogens is 444 g/mol. The highest BCUT2D eigenvalue weighted by molar-refractivity contribution is 7.19. The Morgan fingerprint density at radius 3 is 2.70 bits per heavy atom. The Hall–Kier alpha value is -4.38. The number of hydrogen-bond donors (Lipinski definition) is 1. The highest BCUT2D eigenvalue weighted by Gasteiger charge is 2.15. The predicted molar refractivity (Wildman–Crippen MR) is 122 cm³/mol. The summed E-state index contributed by atoms with van der Waals surface area (Å²) in [5, 5.41) is 27.4. The van der Waals surface area contributed by atoms with Gasteiger partial charge in [0.05, 0.1) is 4.92 Å². The van der Waals surface area contributed by atoms with Crippen molar-refractivity contribution >= 4 is 33.6 Å². The van der Waals surface area contributed by atoms with Gasteiger partial charge in [-0.15, -0.1) is 10.2 Å². The molecule has 0 fully saturated rings. The summed E-state index contributed by atoms with van der Waals surface area (Å²) < 4.78 is 7.36. The second-order valence-electron chi connectivity index (χ2n) is 7.07. The van der Waals surface area contributed by atoms with Crippen LogP contribution in [0.5, 0.6) is 0 Å². The lowest BCUT2D eigenvalue weighted by atomic mass is 10.1. The van der Waals surface area contributed by atoms with Gasteiger partial charge in [0.2, 0.25) is 4.96 Å². The molecule has 5 rings (SSSR count). The first kappa shape index (κ1) is 20.5. The number of rotatable bonds is 6. The van der Waals surface area contributed by atoms with Gasteiger partial charge in [0, 0.05) is 35.4 Å². The van der Waals surface area contributed by atoms with Crippen LogP contribution in [0.2, 0.25) is 0 Å². The third-order valence-corrected chi connectivity index (χ3v) is 5.88. The molecule has 1 amide bonds. The lowest BCUT2D eigenvalue weighted by molar-refractivity contribution is -0.384. The number of amides is 1. The van der Waals surface area contributed by atoms with Crippen LogP contribution in [0.1, 0.15) is 23.3 Å². The van der Waals surface area contributed by atoms with Crippen molar-refractivity contribution in [2.45, 2.75) is 13.3 Å². The third-order valence-electron chi connectivity index (χ3n) is 4.93. The molecule has 11 heteroatoms. The number of nitro groups is 1. The summed E-state index contributed by atoms with van der Waals surface area (Å²) in [4.78, 5) is 23.8. The summed E-state index contributed by atoms with van der Waals surface area (Å²) in [5.74, 6) is 0.848. The van der Waals surface area contributed by atoms with Crippen LogP contribution in [0.3, 0.4) is 0 Å². The largest absolute Gasteiger partial charge is 0.451 e. The smallest absolute Gasteiger partial charge is 0.291 e. The van der Waals surface area contributed by atoms with E-state index in [9.17, 15) is 14.9 Å². The summed E-state index contributed by atoms with van der Waals surface area (Å²) in [6.45, 7) is 2.00. The number of carbonyl (C=O) groups is 1. The van der Waals surface area contributed by atoms with Crippen molar-refractivity contribution in [2.24, 2.45) is 0 Å². The average molecular weight is 460 g/mol. The number of nitrogens with zero attached hydrogens (tertiary/aromatic N) is 5. The molecule has 3 heterocycles. The van der Waals surface area contributed by atoms with Gasteiger partial charge in [-0.1, -0.05) is 30.4 Å². The number of hydrogen-bond acceptors (Lipinski definition) is 8. The minimum absolute atomic E-state index is 0.0503. The van der Waals surface area contributed by atoms with Crippen LogP contribution in [0.4, 0.5) is 11.4 Å². The Kier molecular flexibility index (Phi) is 5.15. The zero-order valence-corrected chi connectivity index (χ0v) is 18.1. The van der Waals surface area contributed by atoms with E-state index in [2.05, 4.69) is 20.6 Å². The minimum atomic E-state index is -0.479. The van der Waals surface area contributed by atoms with Crippen molar-refractivity contribution in [1.82, 2.24) is 19.8 Å². The van der Waals surface area contributed by atoms with Gasteiger partial charge in [-0.2, -0.15) is 9.61 Å². The maximum Gasteiger partial charge on any atom is 0.291 e. The monoisotopic (exact) mass is 460 g/mol. The number of fused-ring (bicyclic) bond motifs is 1. The molecule has 33 heavy (non-hydrogen) atoms. The molecule has 0 aliphatic heterocycles. The van der Waals surface area contributed by atoms with Gasteiger partial charge < -0.3 is 9.73 Å². The molecule has 2 aromatic carbocycles.